The predicted octanol–water partition coefficient (Wildman–Crippen LogP) is 2.37. The van der Waals surface area contributed by atoms with Gasteiger partial charge in [-0.2, -0.15) is 0 Å². The maximum atomic E-state index is 12.2. The van der Waals surface area contributed by atoms with Crippen LogP contribution < -0.4 is 5.32 Å². The van der Waals surface area contributed by atoms with Crippen molar-refractivity contribution >= 4 is 17.7 Å². The Kier molecular flexibility index (Phi) is 4.62. The van der Waals surface area contributed by atoms with Crippen molar-refractivity contribution < 1.29 is 4.79 Å². The van der Waals surface area contributed by atoms with Crippen molar-refractivity contribution in [2.75, 3.05) is 12.3 Å². The van der Waals surface area contributed by atoms with E-state index < -0.39 is 0 Å². The van der Waals surface area contributed by atoms with Crippen molar-refractivity contribution in [3.8, 4) is 0 Å². The molecule has 0 bridgehead atoms. The van der Waals surface area contributed by atoms with E-state index in [1.54, 1.807) is 4.68 Å². The SMILES string of the molecule is CC(C)(C)n1nnnc1SCC(=O)NCC1(c2ccccc2)CC1. The molecule has 0 saturated heterocycles. The molecule has 1 aromatic carbocycles. The fourth-order valence-electron chi connectivity index (χ4n) is 2.65. The van der Waals surface area contributed by atoms with Crippen LogP contribution in [0.5, 0.6) is 0 Å². The van der Waals surface area contributed by atoms with Gasteiger partial charge in [-0.15, -0.1) is 5.10 Å². The fraction of sp³-hybridized carbons (Fsp3) is 0.529. The Bertz CT molecular complexity index is 703. The first kappa shape index (κ1) is 17.0. The highest BCUT2D eigenvalue weighted by Crippen LogP contribution is 2.47. The first-order valence-electron chi connectivity index (χ1n) is 8.15. The molecule has 0 aliphatic heterocycles. The number of tetrazole rings is 1. The van der Waals surface area contributed by atoms with Gasteiger partial charge in [0.15, 0.2) is 0 Å². The summed E-state index contributed by atoms with van der Waals surface area (Å²) in [6.07, 6.45) is 2.26. The predicted molar refractivity (Wildman–Crippen MR) is 93.9 cm³/mol. The average Bonchev–Trinajstić information content (AvgIpc) is 3.19. The van der Waals surface area contributed by atoms with Gasteiger partial charge in [0.25, 0.3) is 0 Å². The summed E-state index contributed by atoms with van der Waals surface area (Å²) < 4.78 is 1.75. The van der Waals surface area contributed by atoms with Crippen LogP contribution in [-0.2, 0) is 15.7 Å². The molecule has 1 aliphatic carbocycles. The van der Waals surface area contributed by atoms with Gasteiger partial charge in [0.1, 0.15) is 0 Å². The third-order valence-corrected chi connectivity index (χ3v) is 5.19. The van der Waals surface area contributed by atoms with Crippen LogP contribution in [0.4, 0.5) is 0 Å². The summed E-state index contributed by atoms with van der Waals surface area (Å²) in [6, 6.07) is 10.4. The van der Waals surface area contributed by atoms with Crippen LogP contribution in [0.15, 0.2) is 35.5 Å². The van der Waals surface area contributed by atoms with Gasteiger partial charge in [0.2, 0.25) is 11.1 Å². The smallest absolute Gasteiger partial charge is 0.230 e. The van der Waals surface area contributed by atoms with Gasteiger partial charge < -0.3 is 5.32 Å². The molecular weight excluding hydrogens is 322 g/mol. The maximum absolute atomic E-state index is 12.2. The molecule has 1 amide bonds. The molecular formula is C17H23N5OS. The van der Waals surface area contributed by atoms with E-state index >= 15 is 0 Å². The lowest BCUT2D eigenvalue weighted by Gasteiger charge is -2.19. The summed E-state index contributed by atoms with van der Waals surface area (Å²) in [5.74, 6) is 0.340. The van der Waals surface area contributed by atoms with Gasteiger partial charge in [0, 0.05) is 12.0 Å². The van der Waals surface area contributed by atoms with E-state index in [0.717, 1.165) is 12.8 Å². The second kappa shape index (κ2) is 6.55. The topological polar surface area (TPSA) is 72.7 Å². The Hall–Kier alpha value is -1.89. The minimum Gasteiger partial charge on any atom is -0.354 e. The number of nitrogens with one attached hydrogen (secondary N) is 1. The highest BCUT2D eigenvalue weighted by atomic mass is 32.2. The van der Waals surface area contributed by atoms with Crippen LogP contribution >= 0.6 is 11.8 Å². The molecule has 1 aliphatic rings. The van der Waals surface area contributed by atoms with Crippen LogP contribution in [0.3, 0.4) is 0 Å². The van der Waals surface area contributed by atoms with Gasteiger partial charge in [-0.1, -0.05) is 42.1 Å². The van der Waals surface area contributed by atoms with Crippen LogP contribution in [-0.4, -0.2) is 38.4 Å². The normalized spacial score (nSPS) is 16.0. The number of aromatic nitrogens is 4. The third kappa shape index (κ3) is 3.77. The molecule has 24 heavy (non-hydrogen) atoms. The van der Waals surface area contributed by atoms with Crippen molar-refractivity contribution in [2.24, 2.45) is 0 Å². The second-order valence-electron chi connectivity index (χ2n) is 7.26. The summed E-state index contributed by atoms with van der Waals surface area (Å²) in [4.78, 5) is 12.2. The average molecular weight is 345 g/mol. The third-order valence-electron chi connectivity index (χ3n) is 4.27. The van der Waals surface area contributed by atoms with Gasteiger partial charge in [0.05, 0.1) is 11.3 Å². The van der Waals surface area contributed by atoms with Crippen molar-refractivity contribution in [3.05, 3.63) is 35.9 Å². The molecule has 1 fully saturated rings. The van der Waals surface area contributed by atoms with E-state index in [0.29, 0.717) is 17.5 Å². The number of hydrogen-bond donors (Lipinski definition) is 1. The number of carbonyl (C=O) groups excluding carboxylic acids is 1. The molecule has 3 rings (SSSR count). The number of rotatable bonds is 6. The van der Waals surface area contributed by atoms with Gasteiger partial charge in [-0.05, 0) is 49.6 Å². The van der Waals surface area contributed by atoms with Crippen LogP contribution in [0.25, 0.3) is 0 Å². The highest BCUT2D eigenvalue weighted by molar-refractivity contribution is 7.99. The number of thioether (sulfide) groups is 1. The fourth-order valence-corrected chi connectivity index (χ4v) is 3.54. The van der Waals surface area contributed by atoms with Crippen LogP contribution in [0, 0.1) is 0 Å². The van der Waals surface area contributed by atoms with Crippen molar-refractivity contribution in [1.82, 2.24) is 25.5 Å². The minimum absolute atomic E-state index is 0.0191. The molecule has 1 aromatic heterocycles. The molecule has 0 unspecified atom stereocenters. The van der Waals surface area contributed by atoms with Gasteiger partial charge >= 0.3 is 0 Å². The molecule has 1 heterocycles. The maximum Gasteiger partial charge on any atom is 0.230 e. The highest BCUT2D eigenvalue weighted by Gasteiger charge is 2.44. The summed E-state index contributed by atoms with van der Waals surface area (Å²) in [7, 11) is 0. The van der Waals surface area contributed by atoms with E-state index in [2.05, 4.69) is 45.1 Å². The Morgan fingerprint density at radius 3 is 2.62 bits per heavy atom. The Morgan fingerprint density at radius 2 is 2.00 bits per heavy atom. The van der Waals surface area contributed by atoms with E-state index in [4.69, 9.17) is 0 Å². The van der Waals surface area contributed by atoms with Crippen molar-refractivity contribution in [2.45, 2.75) is 49.7 Å². The zero-order valence-corrected chi connectivity index (χ0v) is 15.1. The van der Waals surface area contributed by atoms with Crippen LogP contribution in [0.1, 0.15) is 39.2 Å². The number of nitrogens with zero attached hydrogens (tertiary/aromatic N) is 4. The molecule has 1 saturated carbocycles. The lowest BCUT2D eigenvalue weighted by molar-refractivity contribution is -0.118. The number of carbonyl (C=O) groups is 1. The Labute approximate surface area is 146 Å². The molecule has 0 radical (unpaired) electrons. The van der Waals surface area contributed by atoms with Crippen LogP contribution in [0.2, 0.25) is 0 Å². The Balaban J connectivity index is 1.52. The largest absolute Gasteiger partial charge is 0.354 e. The van der Waals surface area contributed by atoms with Crippen molar-refractivity contribution in [3.63, 3.8) is 0 Å². The van der Waals surface area contributed by atoms with E-state index in [1.165, 1.54) is 17.3 Å². The molecule has 128 valence electrons. The molecule has 6 nitrogen and oxygen atoms in total. The van der Waals surface area contributed by atoms with E-state index in [-0.39, 0.29) is 16.9 Å². The van der Waals surface area contributed by atoms with E-state index in [9.17, 15) is 4.79 Å². The number of hydrogen-bond acceptors (Lipinski definition) is 5. The van der Waals surface area contributed by atoms with E-state index in [1.807, 2.05) is 26.8 Å². The zero-order valence-electron chi connectivity index (χ0n) is 14.3. The standard InChI is InChI=1S/C17H23N5OS/c1-16(2,3)22-15(19-20-21-22)24-11-14(23)18-12-17(9-10-17)13-7-5-4-6-8-13/h4-8H,9-12H2,1-3H3,(H,18,23). The Morgan fingerprint density at radius 1 is 1.29 bits per heavy atom. The first-order chi connectivity index (χ1) is 11.4. The van der Waals surface area contributed by atoms with Crippen molar-refractivity contribution in [1.29, 1.82) is 0 Å². The molecule has 7 heteroatoms. The lowest BCUT2D eigenvalue weighted by atomic mass is 9.96. The second-order valence-corrected chi connectivity index (χ2v) is 8.20. The zero-order chi connectivity index (χ0) is 17.2. The van der Waals surface area contributed by atoms with Gasteiger partial charge in [-0.3, -0.25) is 4.79 Å². The molecule has 1 N–H and O–H groups in total. The summed E-state index contributed by atoms with van der Waals surface area (Å²) in [6.45, 7) is 6.79. The molecule has 0 spiro atoms. The first-order valence-corrected chi connectivity index (χ1v) is 9.13. The number of benzene rings is 1. The molecule has 0 atom stereocenters. The summed E-state index contributed by atoms with van der Waals surface area (Å²) in [5, 5.41) is 15.5. The summed E-state index contributed by atoms with van der Waals surface area (Å²) >= 11 is 1.37. The number of amides is 1. The van der Waals surface area contributed by atoms with Gasteiger partial charge in [-0.25, -0.2) is 4.68 Å². The summed E-state index contributed by atoms with van der Waals surface area (Å²) in [5.41, 5.74) is 1.25. The molecule has 2 aromatic rings. The lowest BCUT2D eigenvalue weighted by Crippen LogP contribution is -2.33. The quantitative estimate of drug-likeness (QED) is 0.814. The monoisotopic (exact) mass is 345 g/mol. The minimum atomic E-state index is -0.201.